The first-order valence-corrected chi connectivity index (χ1v) is 7.82. The molecule has 1 aliphatic rings. The molecule has 0 aliphatic heterocycles. The lowest BCUT2D eigenvalue weighted by atomic mass is 9.94. The molecule has 1 atom stereocenters. The summed E-state index contributed by atoms with van der Waals surface area (Å²) in [4.78, 5) is 12.4. The molecule has 6 heteroatoms. The van der Waals surface area contributed by atoms with E-state index in [1.165, 1.54) is 44.2 Å². The molecule has 0 saturated heterocycles. The van der Waals surface area contributed by atoms with Crippen LogP contribution in [0, 0.1) is 10.1 Å². The molecule has 1 N–H and O–H groups in total. The first-order chi connectivity index (χ1) is 10.6. The molecule has 22 heavy (non-hydrogen) atoms. The molecule has 0 unspecified atom stereocenters. The van der Waals surface area contributed by atoms with Gasteiger partial charge in [0.05, 0.1) is 11.0 Å². The summed E-state index contributed by atoms with van der Waals surface area (Å²) in [6.07, 6.45) is 5.60. The Bertz CT molecular complexity index is 489. The number of benzene rings is 1. The highest BCUT2D eigenvalue weighted by atomic mass is 16.6. The molecule has 0 amide bonds. The summed E-state index contributed by atoms with van der Waals surface area (Å²) < 4.78 is 5.47. The first kappa shape index (κ1) is 16.7. The number of nitro benzene ring substituents is 1. The predicted octanol–water partition coefficient (Wildman–Crippen LogP) is 2.60. The van der Waals surface area contributed by atoms with Crippen molar-refractivity contribution in [3.8, 4) is 5.75 Å². The molecule has 1 fully saturated rings. The van der Waals surface area contributed by atoms with Crippen LogP contribution < -0.4 is 4.74 Å². The number of non-ortho nitro benzene ring substituents is 1. The molecule has 2 rings (SSSR count). The minimum atomic E-state index is -0.605. The quantitative estimate of drug-likeness (QED) is 0.619. The van der Waals surface area contributed by atoms with E-state index in [-0.39, 0.29) is 12.3 Å². The highest BCUT2D eigenvalue weighted by molar-refractivity contribution is 5.37. The Labute approximate surface area is 130 Å². The maximum absolute atomic E-state index is 10.7. The summed E-state index contributed by atoms with van der Waals surface area (Å²) in [5.41, 5.74) is -0.00804. The lowest BCUT2D eigenvalue weighted by Gasteiger charge is -2.32. The van der Waals surface area contributed by atoms with Crippen LogP contribution in [0.2, 0.25) is 0 Å². The Hall–Kier alpha value is -1.66. The third kappa shape index (κ3) is 4.96. The molecule has 1 aliphatic carbocycles. The smallest absolute Gasteiger partial charge is 0.273 e. The van der Waals surface area contributed by atoms with Gasteiger partial charge >= 0.3 is 0 Å². The number of nitro groups is 1. The van der Waals surface area contributed by atoms with Gasteiger partial charge in [0.25, 0.3) is 5.69 Å². The minimum absolute atomic E-state index is 0.00804. The van der Waals surface area contributed by atoms with E-state index in [0.717, 1.165) is 0 Å². The zero-order valence-electron chi connectivity index (χ0n) is 13.0. The van der Waals surface area contributed by atoms with E-state index in [1.807, 2.05) is 7.05 Å². The molecule has 0 spiro atoms. The van der Waals surface area contributed by atoms with Crippen LogP contribution >= 0.6 is 0 Å². The van der Waals surface area contributed by atoms with Crippen LogP contribution in [0.4, 0.5) is 5.69 Å². The molecule has 1 aromatic rings. The highest BCUT2D eigenvalue weighted by Crippen LogP contribution is 2.22. The van der Waals surface area contributed by atoms with Crippen LogP contribution in [-0.4, -0.2) is 47.3 Å². The Balaban J connectivity index is 1.78. The fourth-order valence-corrected chi connectivity index (χ4v) is 2.94. The van der Waals surface area contributed by atoms with E-state index in [4.69, 9.17) is 4.74 Å². The lowest BCUT2D eigenvalue weighted by molar-refractivity contribution is -0.384. The van der Waals surface area contributed by atoms with Crippen LogP contribution in [0.1, 0.15) is 32.1 Å². The van der Waals surface area contributed by atoms with Crippen LogP contribution in [0.5, 0.6) is 5.75 Å². The van der Waals surface area contributed by atoms with E-state index < -0.39 is 11.0 Å². The normalized spacial score (nSPS) is 17.4. The summed E-state index contributed by atoms with van der Waals surface area (Å²) >= 11 is 0. The third-order valence-electron chi connectivity index (χ3n) is 4.17. The van der Waals surface area contributed by atoms with Gasteiger partial charge in [-0.2, -0.15) is 0 Å². The van der Waals surface area contributed by atoms with Gasteiger partial charge in [-0.1, -0.05) is 25.3 Å². The highest BCUT2D eigenvalue weighted by Gasteiger charge is 2.20. The van der Waals surface area contributed by atoms with E-state index in [1.54, 1.807) is 12.1 Å². The van der Waals surface area contributed by atoms with E-state index in [0.29, 0.717) is 18.3 Å². The SMILES string of the molecule is CN(C[C@H](O)COc1cccc([N+](=O)[O-])c1)C1CCCCC1. The molecular weight excluding hydrogens is 284 g/mol. The second-order valence-corrected chi connectivity index (χ2v) is 5.95. The minimum Gasteiger partial charge on any atom is -0.491 e. The maximum Gasteiger partial charge on any atom is 0.273 e. The number of likely N-dealkylation sites (N-methyl/N-ethyl adjacent to an activating group) is 1. The molecule has 6 nitrogen and oxygen atoms in total. The molecule has 122 valence electrons. The van der Waals surface area contributed by atoms with Gasteiger partial charge in [0.2, 0.25) is 0 Å². The van der Waals surface area contributed by atoms with Crippen molar-refractivity contribution >= 4 is 5.69 Å². The van der Waals surface area contributed by atoms with Crippen molar-refractivity contribution in [2.75, 3.05) is 20.2 Å². The van der Waals surface area contributed by atoms with Gasteiger partial charge in [-0.05, 0) is 26.0 Å². The van der Waals surface area contributed by atoms with E-state index in [2.05, 4.69) is 4.90 Å². The monoisotopic (exact) mass is 308 g/mol. The summed E-state index contributed by atoms with van der Waals surface area (Å²) in [6.45, 7) is 0.692. The average Bonchev–Trinajstić information content (AvgIpc) is 2.54. The van der Waals surface area contributed by atoms with E-state index in [9.17, 15) is 15.2 Å². The second-order valence-electron chi connectivity index (χ2n) is 5.95. The topological polar surface area (TPSA) is 75.8 Å². The van der Waals surface area contributed by atoms with Crippen molar-refractivity contribution in [3.63, 3.8) is 0 Å². The zero-order valence-corrected chi connectivity index (χ0v) is 13.0. The molecule has 0 heterocycles. The molecule has 1 aromatic carbocycles. The van der Waals surface area contributed by atoms with Gasteiger partial charge in [-0.3, -0.25) is 10.1 Å². The van der Waals surface area contributed by atoms with Crippen LogP contribution in [0.3, 0.4) is 0 Å². The van der Waals surface area contributed by atoms with Crippen molar-refractivity contribution in [2.45, 2.75) is 44.2 Å². The largest absolute Gasteiger partial charge is 0.491 e. The molecule has 0 radical (unpaired) electrons. The predicted molar refractivity (Wildman–Crippen MR) is 84.1 cm³/mol. The number of aliphatic hydroxyl groups is 1. The fourth-order valence-electron chi connectivity index (χ4n) is 2.94. The van der Waals surface area contributed by atoms with Gasteiger partial charge in [0.15, 0.2) is 0 Å². The van der Waals surface area contributed by atoms with Crippen molar-refractivity contribution in [3.05, 3.63) is 34.4 Å². The van der Waals surface area contributed by atoms with Crippen LogP contribution in [-0.2, 0) is 0 Å². The molecule has 0 aromatic heterocycles. The third-order valence-corrected chi connectivity index (χ3v) is 4.17. The first-order valence-electron chi connectivity index (χ1n) is 7.82. The Morgan fingerprint density at radius 2 is 2.14 bits per heavy atom. The number of aliphatic hydroxyl groups excluding tert-OH is 1. The summed E-state index contributed by atoms with van der Waals surface area (Å²) in [6, 6.07) is 6.57. The second kappa shape index (κ2) is 8.10. The number of nitrogens with zero attached hydrogens (tertiary/aromatic N) is 2. The zero-order chi connectivity index (χ0) is 15.9. The standard InChI is InChI=1S/C16H24N2O4/c1-17(13-6-3-2-4-7-13)11-15(19)12-22-16-9-5-8-14(10-16)18(20)21/h5,8-10,13,15,19H,2-4,6-7,11-12H2,1H3/t15-/m0/s1. The van der Waals surface area contributed by atoms with Crippen molar-refractivity contribution < 1.29 is 14.8 Å². The summed E-state index contributed by atoms with van der Waals surface area (Å²) in [5, 5.41) is 20.8. The average molecular weight is 308 g/mol. The van der Waals surface area contributed by atoms with Gasteiger partial charge in [0, 0.05) is 18.7 Å². The van der Waals surface area contributed by atoms with Crippen LogP contribution in [0.25, 0.3) is 0 Å². The maximum atomic E-state index is 10.7. The van der Waals surface area contributed by atoms with Gasteiger partial charge in [-0.15, -0.1) is 0 Å². The number of hydrogen-bond donors (Lipinski definition) is 1. The Morgan fingerprint density at radius 3 is 2.82 bits per heavy atom. The van der Waals surface area contributed by atoms with Gasteiger partial charge in [-0.25, -0.2) is 0 Å². The van der Waals surface area contributed by atoms with Crippen molar-refractivity contribution in [2.24, 2.45) is 0 Å². The molecule has 0 bridgehead atoms. The molecular formula is C16H24N2O4. The van der Waals surface area contributed by atoms with Crippen molar-refractivity contribution in [1.29, 1.82) is 0 Å². The number of hydrogen-bond acceptors (Lipinski definition) is 5. The Morgan fingerprint density at radius 1 is 1.41 bits per heavy atom. The number of ether oxygens (including phenoxy) is 1. The molecule has 1 saturated carbocycles. The summed E-state index contributed by atoms with van der Waals surface area (Å²) in [5.74, 6) is 0.411. The van der Waals surface area contributed by atoms with Crippen LogP contribution in [0.15, 0.2) is 24.3 Å². The fraction of sp³-hybridized carbons (Fsp3) is 0.625. The van der Waals surface area contributed by atoms with Gasteiger partial charge in [0.1, 0.15) is 18.5 Å². The summed E-state index contributed by atoms with van der Waals surface area (Å²) in [7, 11) is 2.03. The van der Waals surface area contributed by atoms with Crippen molar-refractivity contribution in [1.82, 2.24) is 4.90 Å². The van der Waals surface area contributed by atoms with E-state index >= 15 is 0 Å². The van der Waals surface area contributed by atoms with Gasteiger partial charge < -0.3 is 14.7 Å². The number of rotatable bonds is 7. The Kier molecular flexibility index (Phi) is 6.15. The lowest BCUT2D eigenvalue weighted by Crippen LogP contribution is -2.40.